The summed E-state index contributed by atoms with van der Waals surface area (Å²) in [7, 11) is 0. The van der Waals surface area contributed by atoms with Gasteiger partial charge in [0.2, 0.25) is 0 Å². The number of halogens is 1. The molecule has 0 radical (unpaired) electrons. The number of hydrogen-bond donors (Lipinski definition) is 5. The number of amides is 3. The lowest BCUT2D eigenvalue weighted by Gasteiger charge is -2.18. The van der Waals surface area contributed by atoms with Crippen molar-refractivity contribution in [3.8, 4) is 0 Å². The average Bonchev–Trinajstić information content (AvgIpc) is 3.99. The number of nitrogens with zero attached hydrogens (tertiary/aromatic N) is 2. The van der Waals surface area contributed by atoms with Crippen molar-refractivity contribution >= 4 is 91.5 Å². The third kappa shape index (κ3) is 18.5. The fourth-order valence-corrected chi connectivity index (χ4v) is 7.61. The van der Waals surface area contributed by atoms with E-state index < -0.39 is 42.2 Å². The van der Waals surface area contributed by atoms with Gasteiger partial charge in [0.05, 0.1) is 38.5 Å². The van der Waals surface area contributed by atoms with Gasteiger partial charge in [-0.25, -0.2) is 24.0 Å². The number of ether oxygens (including phenoxy) is 4. The van der Waals surface area contributed by atoms with Crippen LogP contribution in [0.2, 0.25) is 0 Å². The molecule has 0 bridgehead atoms. The van der Waals surface area contributed by atoms with Gasteiger partial charge in [0.25, 0.3) is 5.91 Å². The number of benzene rings is 2. The van der Waals surface area contributed by atoms with Crippen LogP contribution >= 0.6 is 35.1 Å². The van der Waals surface area contributed by atoms with Gasteiger partial charge in [-0.05, 0) is 73.2 Å². The van der Waals surface area contributed by atoms with E-state index >= 15 is 0 Å². The van der Waals surface area contributed by atoms with E-state index in [0.29, 0.717) is 22.8 Å². The van der Waals surface area contributed by atoms with Crippen molar-refractivity contribution in [3.63, 3.8) is 0 Å². The lowest BCUT2D eigenvalue weighted by molar-refractivity contribution is -0.146. The van der Waals surface area contributed by atoms with E-state index in [4.69, 9.17) is 29.8 Å². The Balaban J connectivity index is 0.000000298. The van der Waals surface area contributed by atoms with E-state index in [1.165, 1.54) is 22.7 Å². The lowest BCUT2D eigenvalue weighted by Crippen LogP contribution is -2.49. The van der Waals surface area contributed by atoms with E-state index in [1.54, 1.807) is 24.5 Å². The van der Waals surface area contributed by atoms with Gasteiger partial charge < -0.3 is 45.7 Å². The number of aromatic carboxylic acids is 1. The monoisotopic (exact) mass is 992 g/mol. The van der Waals surface area contributed by atoms with Crippen molar-refractivity contribution in [2.75, 3.05) is 26.3 Å². The maximum atomic E-state index is 12.7. The Morgan fingerprint density at radius 2 is 1.09 bits per heavy atom. The van der Waals surface area contributed by atoms with Gasteiger partial charge in [0.1, 0.15) is 30.2 Å². The Hall–Kier alpha value is -6.67. The van der Waals surface area contributed by atoms with Gasteiger partial charge >= 0.3 is 30.1 Å². The Labute approximate surface area is 408 Å². The molecule has 0 aliphatic carbocycles. The zero-order valence-corrected chi connectivity index (χ0v) is 40.6. The van der Waals surface area contributed by atoms with E-state index in [2.05, 4.69) is 25.9 Å². The molecule has 364 valence electrons. The van der Waals surface area contributed by atoms with E-state index in [-0.39, 0.29) is 51.2 Å². The van der Waals surface area contributed by atoms with Crippen LogP contribution in [0.3, 0.4) is 0 Å². The molecule has 0 aliphatic heterocycles. The molecule has 3 amide bonds. The van der Waals surface area contributed by atoms with Crippen LogP contribution in [0.4, 0.5) is 9.59 Å². The van der Waals surface area contributed by atoms with Gasteiger partial charge in [-0.2, -0.15) is 0 Å². The second-order valence-electron chi connectivity index (χ2n) is 14.7. The van der Waals surface area contributed by atoms with Crippen LogP contribution in [0.15, 0.2) is 97.3 Å². The predicted octanol–water partition coefficient (Wildman–Crippen LogP) is 8.28. The van der Waals surface area contributed by atoms with Crippen LogP contribution in [-0.2, 0) is 41.8 Å². The van der Waals surface area contributed by atoms with E-state index in [1.807, 2.05) is 100 Å². The number of nitrogens with one attached hydrogen (secondary N) is 3. The first-order valence-electron chi connectivity index (χ1n) is 21.5. The highest BCUT2D eigenvalue weighted by Gasteiger charge is 2.25. The van der Waals surface area contributed by atoms with Gasteiger partial charge in [0, 0.05) is 25.5 Å². The molecule has 6 rings (SSSR count). The molecule has 0 unspecified atom stereocenters. The standard InChI is InChI=1S/C24H27N3O5S.C15H22N2O4.C9H7NO2S.ClH/c1-3-4-12-31-23(29)19(27-24(30)32-15-17-8-6-5-7-9-17)14-26-22(28)20-13-18-21(33-20)16(2)10-11-25-18;1-2-3-9-20-14(18)13(10-16)17-15(19)21-11-12-7-5-4-6-8-12;1-5-2-3-10-6-4-7(9(11)12)13-8(5)6;/h5-11,13,19H,3-4,12,14-15H2,1-2H3,(H,26,28)(H,27,30);4-8,13H,2-3,9-11,16H2,1H3,(H,17,19);2-4H,1H3,(H,11,12);1H/t19-;13-;;/m11../s1. The number of carbonyl (C=O) groups is 6. The topological polar surface area (TPSA) is 247 Å². The highest BCUT2D eigenvalue weighted by atomic mass is 35.5. The number of carbonyl (C=O) groups excluding carboxylic acids is 5. The summed E-state index contributed by atoms with van der Waals surface area (Å²) >= 11 is 2.60. The van der Waals surface area contributed by atoms with Crippen LogP contribution in [0, 0.1) is 13.8 Å². The number of thiophene rings is 2. The summed E-state index contributed by atoms with van der Waals surface area (Å²) in [6, 6.07) is 23.6. The van der Waals surface area contributed by atoms with Gasteiger partial charge in [-0.15, -0.1) is 35.1 Å². The predicted molar refractivity (Wildman–Crippen MR) is 263 cm³/mol. The molecule has 0 fully saturated rings. The zero-order chi connectivity index (χ0) is 48.6. The number of rotatable bonds is 19. The van der Waals surface area contributed by atoms with Crippen molar-refractivity contribution in [1.29, 1.82) is 0 Å². The van der Waals surface area contributed by atoms with Crippen LogP contribution in [0.1, 0.15) is 81.1 Å². The van der Waals surface area contributed by atoms with Gasteiger partial charge in [-0.3, -0.25) is 14.8 Å². The maximum absolute atomic E-state index is 12.7. The number of carboxylic acids is 1. The first kappa shape index (κ1) is 55.7. The van der Waals surface area contributed by atoms with Crippen molar-refractivity contribution in [1.82, 2.24) is 25.9 Å². The number of aryl methyl sites for hydroxylation is 2. The van der Waals surface area contributed by atoms with E-state index in [0.717, 1.165) is 61.9 Å². The summed E-state index contributed by atoms with van der Waals surface area (Å²) in [5.74, 6) is -2.41. The minimum Gasteiger partial charge on any atom is -0.477 e. The number of fused-ring (bicyclic) bond motifs is 2. The molecule has 68 heavy (non-hydrogen) atoms. The molecule has 17 nitrogen and oxygen atoms in total. The number of hydrogen-bond acceptors (Lipinski definition) is 15. The van der Waals surface area contributed by atoms with Crippen LogP contribution in [0.25, 0.3) is 20.4 Å². The highest BCUT2D eigenvalue weighted by molar-refractivity contribution is 7.21. The highest BCUT2D eigenvalue weighted by Crippen LogP contribution is 2.27. The molecule has 0 aliphatic rings. The number of carboxylic acid groups (broad SMARTS) is 1. The number of aromatic nitrogens is 2. The van der Waals surface area contributed by atoms with Crippen molar-refractivity contribution in [3.05, 3.63) is 129 Å². The zero-order valence-electron chi connectivity index (χ0n) is 38.2. The summed E-state index contributed by atoms with van der Waals surface area (Å²) in [5.41, 5.74) is 10.8. The number of alkyl carbamates (subject to hydrolysis) is 2. The fraction of sp³-hybridized carbons (Fsp3) is 0.333. The SMILES string of the molecule is CCCCOC(=O)[C@@H](CN)NC(=O)OCc1ccccc1.CCCCOC(=O)[C@@H](CNC(=O)c1cc2nccc(C)c2s1)NC(=O)OCc1ccccc1.Cc1ccnc2cc(C(=O)O)sc12.Cl. The van der Waals surface area contributed by atoms with E-state index in [9.17, 15) is 28.8 Å². The average molecular weight is 994 g/mol. The maximum Gasteiger partial charge on any atom is 0.408 e. The number of esters is 2. The Bertz CT molecular complexity index is 2540. The third-order valence-corrected chi connectivity index (χ3v) is 11.9. The molecule has 6 N–H and O–H groups in total. The van der Waals surface area contributed by atoms with Crippen molar-refractivity contribution in [2.24, 2.45) is 5.73 Å². The lowest BCUT2D eigenvalue weighted by atomic mass is 10.2. The Morgan fingerprint density at radius 3 is 1.53 bits per heavy atom. The molecule has 0 spiro atoms. The number of nitrogens with two attached hydrogens (primary N) is 1. The molecule has 4 heterocycles. The first-order valence-corrected chi connectivity index (χ1v) is 23.2. The summed E-state index contributed by atoms with van der Waals surface area (Å²) in [4.78, 5) is 80.6. The quantitative estimate of drug-likeness (QED) is 0.0291. The number of pyridine rings is 2. The smallest absolute Gasteiger partial charge is 0.408 e. The molecule has 2 aromatic carbocycles. The minimum absolute atomic E-state index is 0. The Kier molecular flexibility index (Phi) is 24.4. The molecular weight excluding hydrogens is 936 g/mol. The summed E-state index contributed by atoms with van der Waals surface area (Å²) in [6.45, 7) is 8.46. The molecule has 2 atom stereocenters. The van der Waals surface area contributed by atoms with Gasteiger partial charge in [0.15, 0.2) is 0 Å². The summed E-state index contributed by atoms with van der Waals surface area (Å²) < 4.78 is 22.4. The minimum atomic E-state index is -1.08. The molecule has 4 aromatic heterocycles. The van der Waals surface area contributed by atoms with Crippen molar-refractivity contribution < 1.29 is 52.8 Å². The molecule has 6 aromatic rings. The summed E-state index contributed by atoms with van der Waals surface area (Å²) in [5, 5.41) is 16.4. The molecular formula is C48H57ClN6O11S2. The molecule has 0 saturated carbocycles. The third-order valence-electron chi connectivity index (χ3n) is 9.42. The van der Waals surface area contributed by atoms with Crippen LogP contribution in [0.5, 0.6) is 0 Å². The Morgan fingerprint density at radius 1 is 0.647 bits per heavy atom. The second kappa shape index (κ2) is 29.9. The molecule has 20 heteroatoms. The van der Waals surface area contributed by atoms with Crippen LogP contribution in [-0.4, -0.2) is 89.5 Å². The normalized spacial score (nSPS) is 11.2. The number of unbranched alkanes of at least 4 members (excludes halogenated alkanes) is 2. The first-order chi connectivity index (χ1) is 32.3. The second-order valence-corrected chi connectivity index (χ2v) is 16.8. The summed E-state index contributed by atoms with van der Waals surface area (Å²) in [6.07, 6.45) is 5.19. The van der Waals surface area contributed by atoms with Crippen molar-refractivity contribution in [2.45, 2.75) is 78.7 Å². The van der Waals surface area contributed by atoms with Crippen LogP contribution < -0.4 is 21.7 Å². The van der Waals surface area contributed by atoms with Gasteiger partial charge in [-0.1, -0.05) is 87.4 Å². The fourth-order valence-electron chi connectivity index (χ4n) is 5.69. The largest absolute Gasteiger partial charge is 0.477 e. The molecule has 0 saturated heterocycles.